The summed E-state index contributed by atoms with van der Waals surface area (Å²) in [4.78, 5) is 0. The summed E-state index contributed by atoms with van der Waals surface area (Å²) in [5.41, 5.74) is 5.75. The maximum absolute atomic E-state index is 2.22. The van der Waals surface area contributed by atoms with Crippen LogP contribution in [0.2, 0.25) is 0 Å². The quantitative estimate of drug-likeness (QED) is 0.515. The van der Waals surface area contributed by atoms with E-state index in [1.807, 2.05) is 0 Å². The van der Waals surface area contributed by atoms with Gasteiger partial charge >= 0.3 is 0 Å². The third-order valence-corrected chi connectivity index (χ3v) is 2.71. The minimum atomic E-state index is 0. The molecule has 0 aliphatic heterocycles. The van der Waals surface area contributed by atoms with Crippen LogP contribution < -0.4 is 0 Å². The zero-order chi connectivity index (χ0) is 8.67. The summed E-state index contributed by atoms with van der Waals surface area (Å²) in [5, 5.41) is 0. The number of benzene rings is 2. The molecule has 0 atom stereocenters. The first-order valence-electron chi connectivity index (χ1n) is 4.61. The second-order valence-electron chi connectivity index (χ2n) is 3.49. The van der Waals surface area contributed by atoms with Crippen molar-refractivity contribution in [1.29, 1.82) is 0 Å². The van der Waals surface area contributed by atoms with Gasteiger partial charge in [-0.05, 0) is 28.7 Å². The van der Waals surface area contributed by atoms with Crippen LogP contribution in [-0.2, 0) is 22.9 Å². The van der Waals surface area contributed by atoms with Gasteiger partial charge < -0.3 is 0 Å². The van der Waals surface area contributed by atoms with Gasteiger partial charge in [-0.25, -0.2) is 0 Å². The molecule has 0 spiro atoms. The largest absolute Gasteiger partial charge is 0.0619 e. The summed E-state index contributed by atoms with van der Waals surface area (Å²) >= 11 is 0. The van der Waals surface area contributed by atoms with Crippen LogP contribution in [0, 0.1) is 0 Å². The Bertz CT molecular complexity index is 417. The Morgan fingerprint density at radius 3 is 1.57 bits per heavy atom. The van der Waals surface area contributed by atoms with Crippen LogP contribution in [0.3, 0.4) is 0 Å². The van der Waals surface area contributed by atoms with Crippen molar-refractivity contribution in [1.82, 2.24) is 0 Å². The van der Waals surface area contributed by atoms with E-state index in [4.69, 9.17) is 0 Å². The van der Waals surface area contributed by atoms with Gasteiger partial charge in [0.1, 0.15) is 0 Å². The predicted octanol–water partition coefficient (Wildman–Crippen LogP) is 3.26. The molecule has 1 heteroatoms. The molecular weight excluding hydrogens is 215 g/mol. The van der Waals surface area contributed by atoms with E-state index in [1.54, 1.807) is 0 Å². The molecule has 2 aromatic carbocycles. The van der Waals surface area contributed by atoms with Gasteiger partial charge in [0.15, 0.2) is 0 Å². The van der Waals surface area contributed by atoms with E-state index in [0.29, 0.717) is 0 Å². The zero-order valence-electron chi connectivity index (χ0n) is 7.64. The fourth-order valence-corrected chi connectivity index (χ4v) is 2.08. The van der Waals surface area contributed by atoms with Crippen molar-refractivity contribution in [3.63, 3.8) is 0 Å². The number of hydrogen-bond donors (Lipinski definition) is 0. The van der Waals surface area contributed by atoms with Crippen LogP contribution in [0.25, 0.3) is 11.1 Å². The van der Waals surface area contributed by atoms with Crippen LogP contribution in [0.1, 0.15) is 11.1 Å². The number of rotatable bonds is 0. The molecule has 0 saturated carbocycles. The number of fused-ring (bicyclic) bond motifs is 3. The topological polar surface area (TPSA) is 0 Å². The third kappa shape index (κ3) is 1.29. The molecule has 0 saturated heterocycles. The molecule has 0 radical (unpaired) electrons. The Balaban J connectivity index is 0.000000750. The third-order valence-electron chi connectivity index (χ3n) is 2.71. The molecule has 0 nitrogen and oxygen atoms in total. The molecule has 14 heavy (non-hydrogen) atoms. The van der Waals surface area contributed by atoms with Crippen LogP contribution in [0.5, 0.6) is 0 Å². The number of hydrogen-bond acceptors (Lipinski definition) is 0. The monoisotopic (exact) mass is 224 g/mol. The summed E-state index contributed by atoms with van der Waals surface area (Å²) in [6, 6.07) is 17.3. The molecule has 0 fully saturated rings. The van der Waals surface area contributed by atoms with Gasteiger partial charge in [0.05, 0.1) is 0 Å². The Kier molecular flexibility index (Phi) is 2.43. The average molecular weight is 225 g/mol. The van der Waals surface area contributed by atoms with Gasteiger partial charge in [-0.3, -0.25) is 0 Å². The first-order chi connectivity index (χ1) is 6.45. The second kappa shape index (κ2) is 3.59. The van der Waals surface area contributed by atoms with E-state index in [1.165, 1.54) is 22.3 Å². The molecule has 1 aliphatic rings. The average Bonchev–Trinajstić information content (AvgIpc) is 2.56. The Morgan fingerprint density at radius 1 is 0.643 bits per heavy atom. The van der Waals surface area contributed by atoms with Crippen molar-refractivity contribution in [3.8, 4) is 11.1 Å². The zero-order valence-corrected chi connectivity index (χ0v) is 8.63. The van der Waals surface area contributed by atoms with Gasteiger partial charge in [0.25, 0.3) is 0 Å². The second-order valence-corrected chi connectivity index (χ2v) is 3.49. The molecule has 2 aromatic rings. The molecular formula is C13H10Ni. The van der Waals surface area contributed by atoms with E-state index < -0.39 is 0 Å². The minimum absolute atomic E-state index is 0. The molecule has 0 aromatic heterocycles. The molecule has 3 rings (SSSR count). The summed E-state index contributed by atoms with van der Waals surface area (Å²) in [6.07, 6.45) is 1.10. The maximum atomic E-state index is 2.22. The van der Waals surface area contributed by atoms with Crippen molar-refractivity contribution in [2.45, 2.75) is 6.42 Å². The molecule has 0 bridgehead atoms. The smallest absolute Gasteiger partial charge is 0 e. The van der Waals surface area contributed by atoms with Crippen molar-refractivity contribution in [2.24, 2.45) is 0 Å². The van der Waals surface area contributed by atoms with Gasteiger partial charge in [-0.15, -0.1) is 0 Å². The van der Waals surface area contributed by atoms with E-state index in [9.17, 15) is 0 Å². The summed E-state index contributed by atoms with van der Waals surface area (Å²) in [6.45, 7) is 0. The molecule has 0 N–H and O–H groups in total. The normalized spacial score (nSPS) is 11.4. The van der Waals surface area contributed by atoms with Gasteiger partial charge in [-0.2, -0.15) is 0 Å². The van der Waals surface area contributed by atoms with Crippen molar-refractivity contribution in [2.75, 3.05) is 0 Å². The van der Waals surface area contributed by atoms with Crippen LogP contribution >= 0.6 is 0 Å². The van der Waals surface area contributed by atoms with Crippen molar-refractivity contribution in [3.05, 3.63) is 59.7 Å². The van der Waals surface area contributed by atoms with Crippen LogP contribution in [0.4, 0.5) is 0 Å². The molecule has 0 unspecified atom stereocenters. The van der Waals surface area contributed by atoms with Crippen molar-refractivity contribution >= 4 is 0 Å². The Labute approximate surface area is 93.9 Å². The predicted molar refractivity (Wildman–Crippen MR) is 54.7 cm³/mol. The summed E-state index contributed by atoms with van der Waals surface area (Å²) in [5.74, 6) is 0. The van der Waals surface area contributed by atoms with E-state index >= 15 is 0 Å². The minimum Gasteiger partial charge on any atom is -0.0619 e. The SMILES string of the molecule is [Ni].c1ccc2c(c1)Cc1ccccc1-2. The molecule has 72 valence electrons. The van der Waals surface area contributed by atoms with Gasteiger partial charge in [0.2, 0.25) is 0 Å². The Morgan fingerprint density at radius 2 is 1.07 bits per heavy atom. The van der Waals surface area contributed by atoms with Gasteiger partial charge in [-0.1, -0.05) is 48.5 Å². The van der Waals surface area contributed by atoms with Crippen molar-refractivity contribution < 1.29 is 16.5 Å². The maximum Gasteiger partial charge on any atom is 0 e. The van der Waals surface area contributed by atoms with Crippen LogP contribution in [0.15, 0.2) is 48.5 Å². The van der Waals surface area contributed by atoms with Crippen LogP contribution in [-0.4, -0.2) is 0 Å². The molecule has 1 aliphatic carbocycles. The van der Waals surface area contributed by atoms with E-state index in [0.717, 1.165) is 6.42 Å². The van der Waals surface area contributed by atoms with Gasteiger partial charge in [0, 0.05) is 16.5 Å². The van der Waals surface area contributed by atoms with E-state index in [-0.39, 0.29) is 16.5 Å². The summed E-state index contributed by atoms with van der Waals surface area (Å²) < 4.78 is 0. The first kappa shape index (κ1) is 9.49. The van der Waals surface area contributed by atoms with E-state index in [2.05, 4.69) is 48.5 Å². The fraction of sp³-hybridized carbons (Fsp3) is 0.0769. The standard InChI is InChI=1S/C13H10.Ni/c1-3-7-12-10(5-1)9-11-6-2-4-8-13(11)12;/h1-8H,9H2;. The Hall–Kier alpha value is -1.07. The summed E-state index contributed by atoms with van der Waals surface area (Å²) in [7, 11) is 0. The fourth-order valence-electron chi connectivity index (χ4n) is 2.08. The molecule has 0 heterocycles. The first-order valence-corrected chi connectivity index (χ1v) is 4.61. The molecule has 0 amide bonds.